The van der Waals surface area contributed by atoms with Crippen LogP contribution in [0.15, 0.2) is 24.5 Å². The molecule has 0 saturated carbocycles. The van der Waals surface area contributed by atoms with Crippen molar-refractivity contribution in [2.45, 2.75) is 20.0 Å². The summed E-state index contributed by atoms with van der Waals surface area (Å²) in [6.45, 7) is 3.40. The highest BCUT2D eigenvalue weighted by molar-refractivity contribution is 5.96. The highest BCUT2D eigenvalue weighted by Gasteiger charge is 2.22. The second kappa shape index (κ2) is 5.47. The molecule has 0 saturated heterocycles. The Kier molecular flexibility index (Phi) is 3.50. The molecule has 2 aromatic rings. The molecule has 2 heterocycles. The first kappa shape index (κ1) is 14.1. The zero-order chi connectivity index (χ0) is 15.7. The van der Waals surface area contributed by atoms with Crippen LogP contribution >= 0.6 is 0 Å². The molecule has 22 heavy (non-hydrogen) atoms. The molecule has 3 amide bonds. The Morgan fingerprint density at radius 1 is 1.32 bits per heavy atom. The highest BCUT2D eigenvalue weighted by Crippen LogP contribution is 2.16. The Balaban J connectivity index is 1.70. The van der Waals surface area contributed by atoms with E-state index in [1.807, 2.05) is 0 Å². The molecule has 1 aromatic carbocycles. The number of aryl methyl sites for hydroxylation is 1. The number of hydrogen-bond donors (Lipinski definition) is 2. The minimum atomic E-state index is -0.481. The van der Waals surface area contributed by atoms with E-state index in [1.54, 1.807) is 34.7 Å². The second-order valence-corrected chi connectivity index (χ2v) is 5.15. The first-order valence-electron chi connectivity index (χ1n) is 6.87. The van der Waals surface area contributed by atoms with Crippen molar-refractivity contribution in [3.8, 4) is 0 Å². The Morgan fingerprint density at radius 3 is 2.86 bits per heavy atom. The fourth-order valence-corrected chi connectivity index (χ4v) is 2.46. The summed E-state index contributed by atoms with van der Waals surface area (Å²) in [5.41, 5.74) is 7.07. The van der Waals surface area contributed by atoms with Crippen molar-refractivity contribution in [3.05, 3.63) is 41.5 Å². The third-order valence-electron chi connectivity index (χ3n) is 3.64. The van der Waals surface area contributed by atoms with Crippen LogP contribution in [0.1, 0.15) is 21.7 Å². The van der Waals surface area contributed by atoms with Crippen LogP contribution in [0, 0.1) is 6.92 Å². The van der Waals surface area contributed by atoms with Gasteiger partial charge in [-0.15, -0.1) is 0 Å². The van der Waals surface area contributed by atoms with E-state index in [1.165, 1.54) is 6.33 Å². The van der Waals surface area contributed by atoms with E-state index in [4.69, 9.17) is 5.73 Å². The van der Waals surface area contributed by atoms with Crippen LogP contribution in [-0.4, -0.2) is 38.1 Å². The number of primary amides is 1. The number of carbonyl (C=O) groups is 2. The fourth-order valence-electron chi connectivity index (χ4n) is 2.46. The zero-order valence-electron chi connectivity index (χ0n) is 12.1. The van der Waals surface area contributed by atoms with Crippen LogP contribution < -0.4 is 11.1 Å². The van der Waals surface area contributed by atoms with Gasteiger partial charge in [0.25, 0.3) is 0 Å². The van der Waals surface area contributed by atoms with Crippen LogP contribution in [0.2, 0.25) is 0 Å². The lowest BCUT2D eigenvalue weighted by Gasteiger charge is -2.27. The summed E-state index contributed by atoms with van der Waals surface area (Å²) < 4.78 is 1.79. The minimum absolute atomic E-state index is 0.208. The van der Waals surface area contributed by atoms with Crippen LogP contribution in [-0.2, 0) is 13.1 Å². The fraction of sp³-hybridized carbons (Fsp3) is 0.286. The molecule has 3 rings (SSSR count). The number of nitrogens with one attached hydrogen (secondary N) is 1. The number of hydrogen-bond acceptors (Lipinski definition) is 4. The van der Waals surface area contributed by atoms with Crippen molar-refractivity contribution in [3.63, 3.8) is 0 Å². The number of rotatable bonds is 2. The summed E-state index contributed by atoms with van der Waals surface area (Å²) in [5.74, 6) is 0.285. The van der Waals surface area contributed by atoms with Gasteiger partial charge >= 0.3 is 6.03 Å². The Hall–Kier alpha value is -2.90. The number of amides is 3. The third kappa shape index (κ3) is 2.62. The highest BCUT2D eigenvalue weighted by atomic mass is 16.2. The number of aromatic nitrogens is 3. The van der Waals surface area contributed by atoms with Gasteiger partial charge in [-0.3, -0.25) is 4.79 Å². The summed E-state index contributed by atoms with van der Waals surface area (Å²) in [6, 6.07) is 4.79. The summed E-state index contributed by atoms with van der Waals surface area (Å²) in [6.07, 6.45) is 1.49. The standard InChI is InChI=1S/C14H16N6O2/c1-9-6-10(2-3-11(9)13(15)21)18-14(22)19-4-5-20-12(7-19)16-8-17-20/h2-3,6,8H,4-5,7H2,1H3,(H2,15,21)(H,18,22). The van der Waals surface area contributed by atoms with E-state index in [0.29, 0.717) is 30.9 Å². The number of urea groups is 1. The molecule has 3 N–H and O–H groups in total. The third-order valence-corrected chi connectivity index (χ3v) is 3.64. The lowest BCUT2D eigenvalue weighted by Crippen LogP contribution is -2.41. The molecule has 0 bridgehead atoms. The van der Waals surface area contributed by atoms with Gasteiger partial charge in [-0.05, 0) is 30.7 Å². The molecule has 0 atom stereocenters. The molecule has 114 valence electrons. The topological polar surface area (TPSA) is 106 Å². The summed E-state index contributed by atoms with van der Waals surface area (Å²) in [5, 5.41) is 6.89. The van der Waals surface area contributed by atoms with E-state index in [0.717, 1.165) is 11.4 Å². The number of carbonyl (C=O) groups excluding carboxylic acids is 2. The van der Waals surface area contributed by atoms with Gasteiger partial charge in [0.1, 0.15) is 12.2 Å². The van der Waals surface area contributed by atoms with Crippen molar-refractivity contribution in [2.75, 3.05) is 11.9 Å². The zero-order valence-corrected chi connectivity index (χ0v) is 12.1. The smallest absolute Gasteiger partial charge is 0.322 e. The van der Waals surface area contributed by atoms with Gasteiger partial charge in [0.2, 0.25) is 5.91 Å². The van der Waals surface area contributed by atoms with Crippen LogP contribution in [0.3, 0.4) is 0 Å². The van der Waals surface area contributed by atoms with E-state index in [2.05, 4.69) is 15.4 Å². The van der Waals surface area contributed by atoms with E-state index >= 15 is 0 Å². The predicted octanol–water partition coefficient (Wildman–Crippen LogP) is 0.733. The van der Waals surface area contributed by atoms with Gasteiger partial charge in [0.15, 0.2) is 0 Å². The number of benzene rings is 1. The Bertz CT molecular complexity index is 739. The van der Waals surface area contributed by atoms with E-state index in [9.17, 15) is 9.59 Å². The monoisotopic (exact) mass is 300 g/mol. The molecular weight excluding hydrogens is 284 g/mol. The maximum Gasteiger partial charge on any atom is 0.322 e. The molecule has 0 radical (unpaired) electrons. The van der Waals surface area contributed by atoms with E-state index < -0.39 is 5.91 Å². The lowest BCUT2D eigenvalue weighted by atomic mass is 10.1. The molecule has 8 nitrogen and oxygen atoms in total. The first-order valence-corrected chi connectivity index (χ1v) is 6.87. The van der Waals surface area contributed by atoms with Crippen molar-refractivity contribution < 1.29 is 9.59 Å². The quantitative estimate of drug-likeness (QED) is 0.852. The lowest BCUT2D eigenvalue weighted by molar-refractivity contribution is 0.0999. The van der Waals surface area contributed by atoms with Crippen LogP contribution in [0.25, 0.3) is 0 Å². The molecule has 1 aliphatic rings. The summed E-state index contributed by atoms with van der Waals surface area (Å²) in [4.78, 5) is 29.3. The van der Waals surface area contributed by atoms with Crippen LogP contribution in [0.5, 0.6) is 0 Å². The van der Waals surface area contributed by atoms with Crippen molar-refractivity contribution >= 4 is 17.6 Å². The van der Waals surface area contributed by atoms with Gasteiger partial charge < -0.3 is 16.0 Å². The molecule has 0 aliphatic carbocycles. The normalized spacial score (nSPS) is 13.6. The summed E-state index contributed by atoms with van der Waals surface area (Å²) in [7, 11) is 0. The van der Waals surface area contributed by atoms with Crippen LogP contribution in [0.4, 0.5) is 10.5 Å². The molecular formula is C14H16N6O2. The Labute approximate surface area is 126 Å². The number of nitrogens with two attached hydrogens (primary N) is 1. The number of nitrogens with zero attached hydrogens (tertiary/aromatic N) is 4. The minimum Gasteiger partial charge on any atom is -0.366 e. The second-order valence-electron chi connectivity index (χ2n) is 5.15. The summed E-state index contributed by atoms with van der Waals surface area (Å²) >= 11 is 0. The van der Waals surface area contributed by atoms with Gasteiger partial charge in [0, 0.05) is 17.8 Å². The first-order chi connectivity index (χ1) is 10.5. The number of fused-ring (bicyclic) bond motifs is 1. The molecule has 8 heteroatoms. The molecule has 0 fully saturated rings. The van der Waals surface area contributed by atoms with Crippen molar-refractivity contribution in [2.24, 2.45) is 5.73 Å². The van der Waals surface area contributed by atoms with Gasteiger partial charge in [-0.2, -0.15) is 5.10 Å². The van der Waals surface area contributed by atoms with Crippen molar-refractivity contribution in [1.82, 2.24) is 19.7 Å². The van der Waals surface area contributed by atoms with Gasteiger partial charge in [-0.25, -0.2) is 14.5 Å². The number of anilines is 1. The maximum atomic E-state index is 12.3. The van der Waals surface area contributed by atoms with Crippen molar-refractivity contribution in [1.29, 1.82) is 0 Å². The molecule has 1 aromatic heterocycles. The van der Waals surface area contributed by atoms with Gasteiger partial charge in [-0.1, -0.05) is 0 Å². The molecule has 1 aliphatic heterocycles. The average molecular weight is 300 g/mol. The maximum absolute atomic E-state index is 12.3. The predicted molar refractivity (Wildman–Crippen MR) is 79.1 cm³/mol. The Morgan fingerprint density at radius 2 is 2.14 bits per heavy atom. The average Bonchev–Trinajstić information content (AvgIpc) is 2.94. The molecule has 0 spiro atoms. The van der Waals surface area contributed by atoms with Gasteiger partial charge in [0.05, 0.1) is 13.1 Å². The SMILES string of the molecule is Cc1cc(NC(=O)N2CCn3ncnc3C2)ccc1C(N)=O. The molecule has 0 unspecified atom stereocenters. The largest absolute Gasteiger partial charge is 0.366 e. The van der Waals surface area contributed by atoms with E-state index in [-0.39, 0.29) is 6.03 Å².